The lowest BCUT2D eigenvalue weighted by Crippen LogP contribution is -2.16. The summed E-state index contributed by atoms with van der Waals surface area (Å²) >= 11 is 0. The number of aryl methyl sites for hydroxylation is 2. The molecule has 0 saturated carbocycles. The first-order valence-electron chi connectivity index (χ1n) is 7.14. The van der Waals surface area contributed by atoms with Crippen molar-refractivity contribution in [3.63, 3.8) is 0 Å². The first kappa shape index (κ1) is 12.9. The second-order valence-corrected chi connectivity index (χ2v) is 5.57. The zero-order chi connectivity index (χ0) is 14.1. The van der Waals surface area contributed by atoms with Crippen LogP contribution in [0.5, 0.6) is 0 Å². The Labute approximate surface area is 119 Å². The van der Waals surface area contributed by atoms with Gasteiger partial charge in [-0.25, -0.2) is 0 Å². The molecule has 1 heterocycles. The molecule has 3 rings (SSSR count). The van der Waals surface area contributed by atoms with Gasteiger partial charge in [0, 0.05) is 23.4 Å². The van der Waals surface area contributed by atoms with Gasteiger partial charge in [-0.2, -0.15) is 0 Å². The highest BCUT2D eigenvalue weighted by atomic mass is 16.1. The molecular weight excluding hydrogens is 246 g/mol. The Morgan fingerprint density at radius 1 is 1.10 bits per heavy atom. The molecule has 0 saturated heterocycles. The summed E-state index contributed by atoms with van der Waals surface area (Å²) < 4.78 is 0. The second-order valence-electron chi connectivity index (χ2n) is 5.57. The monoisotopic (exact) mass is 265 g/mol. The van der Waals surface area contributed by atoms with Crippen LogP contribution >= 0.6 is 0 Å². The molecule has 0 unspecified atom stereocenters. The van der Waals surface area contributed by atoms with Gasteiger partial charge in [0.05, 0.1) is 0 Å². The first-order valence-corrected chi connectivity index (χ1v) is 7.14. The molecule has 2 nitrogen and oxygen atoms in total. The summed E-state index contributed by atoms with van der Waals surface area (Å²) in [5, 5.41) is 3.38. The molecule has 0 amide bonds. The second kappa shape index (κ2) is 5.12. The maximum atomic E-state index is 12.8. The Balaban J connectivity index is 2.06. The number of hydrogen-bond donors (Lipinski definition) is 1. The first-order chi connectivity index (χ1) is 9.65. The summed E-state index contributed by atoms with van der Waals surface area (Å²) in [5.74, 6) is 0.136. The molecule has 20 heavy (non-hydrogen) atoms. The summed E-state index contributed by atoms with van der Waals surface area (Å²) in [5.41, 5.74) is 6.20. The molecule has 2 heteroatoms. The molecule has 0 atom stereocenters. The summed E-state index contributed by atoms with van der Waals surface area (Å²) in [6.45, 7) is 5.06. The minimum absolute atomic E-state index is 0.136. The number of benzene rings is 2. The van der Waals surface area contributed by atoms with Gasteiger partial charge in [0.25, 0.3) is 0 Å². The molecule has 2 aromatic rings. The highest BCUT2D eigenvalue weighted by Crippen LogP contribution is 2.27. The number of hydrogen-bond acceptors (Lipinski definition) is 2. The number of rotatable bonds is 2. The summed E-state index contributed by atoms with van der Waals surface area (Å²) in [6, 6.07) is 12.0. The molecule has 1 aliphatic rings. The molecule has 0 spiro atoms. The van der Waals surface area contributed by atoms with Crippen LogP contribution in [-0.2, 0) is 6.42 Å². The smallest absolute Gasteiger partial charge is 0.193 e. The van der Waals surface area contributed by atoms with Crippen LogP contribution in [0.3, 0.4) is 0 Å². The van der Waals surface area contributed by atoms with Crippen molar-refractivity contribution in [2.45, 2.75) is 26.7 Å². The SMILES string of the molecule is Cc1cc(C)cc(C(=O)c2cccc3c2CCCN3)c1. The van der Waals surface area contributed by atoms with Gasteiger partial charge in [0.1, 0.15) is 0 Å². The van der Waals surface area contributed by atoms with Crippen LogP contribution in [-0.4, -0.2) is 12.3 Å². The normalized spacial score (nSPS) is 13.5. The van der Waals surface area contributed by atoms with E-state index in [9.17, 15) is 4.79 Å². The number of carbonyl (C=O) groups excluding carboxylic acids is 1. The predicted molar refractivity (Wildman–Crippen MR) is 82.6 cm³/mol. The summed E-state index contributed by atoms with van der Waals surface area (Å²) in [4.78, 5) is 12.8. The van der Waals surface area contributed by atoms with E-state index in [4.69, 9.17) is 0 Å². The Hall–Kier alpha value is -2.09. The van der Waals surface area contributed by atoms with Gasteiger partial charge in [0.15, 0.2) is 5.78 Å². The van der Waals surface area contributed by atoms with Gasteiger partial charge < -0.3 is 5.32 Å². The van der Waals surface area contributed by atoms with Crippen LogP contribution in [0.25, 0.3) is 0 Å². The third-order valence-electron chi connectivity index (χ3n) is 3.82. The fraction of sp³-hybridized carbons (Fsp3) is 0.278. The fourth-order valence-corrected chi connectivity index (χ4v) is 2.98. The van der Waals surface area contributed by atoms with Crippen molar-refractivity contribution >= 4 is 11.5 Å². The molecule has 1 N–H and O–H groups in total. The van der Waals surface area contributed by atoms with E-state index in [1.807, 2.05) is 38.1 Å². The van der Waals surface area contributed by atoms with Crippen molar-refractivity contribution in [1.82, 2.24) is 0 Å². The Morgan fingerprint density at radius 3 is 2.60 bits per heavy atom. The topological polar surface area (TPSA) is 29.1 Å². The average molecular weight is 265 g/mol. The third-order valence-corrected chi connectivity index (χ3v) is 3.82. The highest BCUT2D eigenvalue weighted by Gasteiger charge is 2.18. The van der Waals surface area contributed by atoms with Gasteiger partial charge in [-0.1, -0.05) is 29.3 Å². The molecule has 0 radical (unpaired) electrons. The molecule has 0 bridgehead atoms. The number of nitrogens with one attached hydrogen (secondary N) is 1. The van der Waals surface area contributed by atoms with Crippen LogP contribution < -0.4 is 5.32 Å². The van der Waals surface area contributed by atoms with Crippen LogP contribution in [0.4, 0.5) is 5.69 Å². The maximum Gasteiger partial charge on any atom is 0.193 e. The van der Waals surface area contributed by atoms with Gasteiger partial charge in [-0.05, 0) is 50.5 Å². The largest absolute Gasteiger partial charge is 0.385 e. The average Bonchev–Trinajstić information content (AvgIpc) is 2.45. The van der Waals surface area contributed by atoms with E-state index in [-0.39, 0.29) is 5.78 Å². The van der Waals surface area contributed by atoms with Crippen molar-refractivity contribution in [2.75, 3.05) is 11.9 Å². The number of ketones is 1. The Morgan fingerprint density at radius 2 is 1.85 bits per heavy atom. The Kier molecular flexibility index (Phi) is 3.31. The summed E-state index contributed by atoms with van der Waals surface area (Å²) in [7, 11) is 0. The minimum Gasteiger partial charge on any atom is -0.385 e. The zero-order valence-corrected chi connectivity index (χ0v) is 12.0. The molecule has 0 aromatic heterocycles. The van der Waals surface area contributed by atoms with E-state index in [0.717, 1.165) is 47.3 Å². The van der Waals surface area contributed by atoms with E-state index < -0.39 is 0 Å². The standard InChI is InChI=1S/C18H19NO/c1-12-9-13(2)11-14(10-12)18(20)16-5-3-7-17-15(16)6-4-8-19-17/h3,5,7,9-11,19H,4,6,8H2,1-2H3. The minimum atomic E-state index is 0.136. The number of carbonyl (C=O) groups is 1. The van der Waals surface area contributed by atoms with Crippen LogP contribution in [0.2, 0.25) is 0 Å². The summed E-state index contributed by atoms with van der Waals surface area (Å²) in [6.07, 6.45) is 2.07. The van der Waals surface area contributed by atoms with Gasteiger partial charge in [0.2, 0.25) is 0 Å². The molecule has 0 aliphatic carbocycles. The lowest BCUT2D eigenvalue weighted by atomic mass is 9.91. The van der Waals surface area contributed by atoms with Crippen LogP contribution in [0.1, 0.15) is 39.0 Å². The van der Waals surface area contributed by atoms with Gasteiger partial charge >= 0.3 is 0 Å². The van der Waals surface area contributed by atoms with Crippen molar-refractivity contribution in [3.8, 4) is 0 Å². The van der Waals surface area contributed by atoms with Gasteiger partial charge in [-0.15, -0.1) is 0 Å². The lowest BCUT2D eigenvalue weighted by molar-refractivity contribution is 0.103. The molecule has 2 aromatic carbocycles. The zero-order valence-electron chi connectivity index (χ0n) is 12.0. The van der Waals surface area contributed by atoms with Crippen LogP contribution in [0.15, 0.2) is 36.4 Å². The van der Waals surface area contributed by atoms with Gasteiger partial charge in [-0.3, -0.25) is 4.79 Å². The molecule has 102 valence electrons. The lowest BCUT2D eigenvalue weighted by Gasteiger charge is -2.20. The molecular formula is C18H19NO. The van der Waals surface area contributed by atoms with E-state index in [0.29, 0.717) is 0 Å². The quantitative estimate of drug-likeness (QED) is 0.835. The molecule has 0 fully saturated rings. The number of anilines is 1. The third kappa shape index (κ3) is 2.34. The fourth-order valence-electron chi connectivity index (χ4n) is 2.98. The Bertz CT molecular complexity index is 653. The maximum absolute atomic E-state index is 12.8. The predicted octanol–water partition coefficient (Wildman–Crippen LogP) is 3.89. The van der Waals surface area contributed by atoms with E-state index in [2.05, 4.69) is 17.4 Å². The van der Waals surface area contributed by atoms with Crippen molar-refractivity contribution in [3.05, 3.63) is 64.2 Å². The van der Waals surface area contributed by atoms with E-state index in [1.54, 1.807) is 0 Å². The number of fused-ring (bicyclic) bond motifs is 1. The van der Waals surface area contributed by atoms with Crippen molar-refractivity contribution < 1.29 is 4.79 Å². The van der Waals surface area contributed by atoms with Crippen molar-refractivity contribution in [1.29, 1.82) is 0 Å². The van der Waals surface area contributed by atoms with Crippen molar-refractivity contribution in [2.24, 2.45) is 0 Å². The van der Waals surface area contributed by atoms with E-state index in [1.165, 1.54) is 5.56 Å². The van der Waals surface area contributed by atoms with E-state index >= 15 is 0 Å². The molecule has 1 aliphatic heterocycles. The highest BCUT2D eigenvalue weighted by molar-refractivity contribution is 6.10. The van der Waals surface area contributed by atoms with Crippen LogP contribution in [0, 0.1) is 13.8 Å².